The molecule has 2 nitrogen and oxygen atoms in total. The third-order valence-corrected chi connectivity index (χ3v) is 7.56. The minimum atomic E-state index is 0.700. The number of hydrogen-bond donors (Lipinski definition) is 0. The van der Waals surface area contributed by atoms with Gasteiger partial charge in [0.25, 0.3) is 0 Å². The van der Waals surface area contributed by atoms with E-state index in [1.807, 2.05) is 0 Å². The number of piperidine rings is 1. The van der Waals surface area contributed by atoms with Gasteiger partial charge in [-0.05, 0) is 84.0 Å². The molecule has 2 aliphatic heterocycles. The molecular formula is C22H42N2. The highest BCUT2D eigenvalue weighted by atomic mass is 15.3. The number of likely N-dealkylation sites (tertiary alicyclic amines) is 2. The highest BCUT2D eigenvalue weighted by Gasteiger charge is 2.61. The fourth-order valence-electron chi connectivity index (χ4n) is 6.55. The molecule has 0 N–H and O–H groups in total. The molecule has 0 aromatic heterocycles. The van der Waals surface area contributed by atoms with Crippen molar-refractivity contribution in [2.24, 2.45) is 23.7 Å². The van der Waals surface area contributed by atoms with Crippen molar-refractivity contribution in [1.29, 1.82) is 0 Å². The maximum absolute atomic E-state index is 2.89. The van der Waals surface area contributed by atoms with Crippen molar-refractivity contribution in [3.63, 3.8) is 0 Å². The van der Waals surface area contributed by atoms with Gasteiger partial charge in [0.1, 0.15) is 0 Å². The average Bonchev–Trinajstić information content (AvgIpc) is 2.88. The van der Waals surface area contributed by atoms with E-state index in [2.05, 4.69) is 65.2 Å². The van der Waals surface area contributed by atoms with Gasteiger partial charge in [-0.2, -0.15) is 0 Å². The molecule has 7 atom stereocenters. The molecule has 0 radical (unpaired) electrons. The second-order valence-electron chi connectivity index (χ2n) is 10.2. The number of nitrogens with zero attached hydrogens (tertiary/aromatic N) is 2. The highest BCUT2D eigenvalue weighted by molar-refractivity contribution is 5.14. The van der Waals surface area contributed by atoms with Crippen molar-refractivity contribution >= 4 is 0 Å². The predicted molar refractivity (Wildman–Crippen MR) is 104 cm³/mol. The Labute approximate surface area is 151 Å². The third kappa shape index (κ3) is 3.18. The van der Waals surface area contributed by atoms with Crippen LogP contribution < -0.4 is 0 Å². The smallest absolute Gasteiger partial charge is 0.0165 e. The Morgan fingerprint density at radius 3 is 2.00 bits per heavy atom. The van der Waals surface area contributed by atoms with Crippen LogP contribution in [0.5, 0.6) is 0 Å². The van der Waals surface area contributed by atoms with Crippen LogP contribution in [0, 0.1) is 23.7 Å². The first-order valence-corrected chi connectivity index (χ1v) is 10.8. The number of fused-ring (bicyclic) bond motifs is 1. The van der Waals surface area contributed by atoms with E-state index in [1.54, 1.807) is 0 Å². The van der Waals surface area contributed by atoms with Crippen LogP contribution in [-0.4, -0.2) is 46.1 Å². The zero-order chi connectivity index (χ0) is 17.8. The molecular weight excluding hydrogens is 292 g/mol. The van der Waals surface area contributed by atoms with E-state index < -0.39 is 0 Å². The van der Waals surface area contributed by atoms with Crippen molar-refractivity contribution in [3.8, 4) is 0 Å². The summed E-state index contributed by atoms with van der Waals surface area (Å²) in [6.07, 6.45) is 5.75. The van der Waals surface area contributed by atoms with E-state index >= 15 is 0 Å². The van der Waals surface area contributed by atoms with Gasteiger partial charge in [0, 0.05) is 36.3 Å². The monoisotopic (exact) mass is 334 g/mol. The van der Waals surface area contributed by atoms with E-state index in [-0.39, 0.29) is 0 Å². The third-order valence-electron chi connectivity index (χ3n) is 7.56. The van der Waals surface area contributed by atoms with Gasteiger partial charge < -0.3 is 0 Å². The molecule has 2 heteroatoms. The molecule has 0 amide bonds. The molecule has 1 saturated carbocycles. The maximum Gasteiger partial charge on any atom is 0.0165 e. The van der Waals surface area contributed by atoms with Gasteiger partial charge in [0.05, 0.1) is 0 Å². The zero-order valence-electron chi connectivity index (χ0n) is 17.5. The van der Waals surface area contributed by atoms with Gasteiger partial charge in [-0.3, -0.25) is 9.80 Å². The lowest BCUT2D eigenvalue weighted by atomic mass is 9.90. The Balaban J connectivity index is 1.61. The number of rotatable bonds is 6. The van der Waals surface area contributed by atoms with Crippen molar-refractivity contribution in [3.05, 3.63) is 0 Å². The van der Waals surface area contributed by atoms with Crippen LogP contribution in [-0.2, 0) is 0 Å². The lowest BCUT2D eigenvalue weighted by Gasteiger charge is -2.37. The first-order chi connectivity index (χ1) is 11.2. The molecule has 0 spiro atoms. The van der Waals surface area contributed by atoms with Gasteiger partial charge in [-0.1, -0.05) is 20.8 Å². The van der Waals surface area contributed by atoms with Crippen LogP contribution in [0.4, 0.5) is 0 Å². The molecule has 3 rings (SSSR count). The SMILES string of the molecule is CC(C)[C@@H]1C[C@H]2C(CC(C)[C@@H]3CC[C@H](C)N3C(C)C)[C@H]2N1C(C)C. The zero-order valence-corrected chi connectivity index (χ0v) is 17.5. The fraction of sp³-hybridized carbons (Fsp3) is 1.00. The molecule has 0 bridgehead atoms. The van der Waals surface area contributed by atoms with Crippen molar-refractivity contribution in [1.82, 2.24) is 9.80 Å². The quantitative estimate of drug-likeness (QED) is 0.672. The van der Waals surface area contributed by atoms with Gasteiger partial charge in [-0.15, -0.1) is 0 Å². The molecule has 2 unspecified atom stereocenters. The fourth-order valence-corrected chi connectivity index (χ4v) is 6.55. The first-order valence-electron chi connectivity index (χ1n) is 10.8. The van der Waals surface area contributed by atoms with Gasteiger partial charge in [0.2, 0.25) is 0 Å². The lowest BCUT2D eigenvalue weighted by molar-refractivity contribution is 0.0980. The van der Waals surface area contributed by atoms with E-state index in [9.17, 15) is 0 Å². The topological polar surface area (TPSA) is 6.48 Å². The molecule has 2 heterocycles. The summed E-state index contributed by atoms with van der Waals surface area (Å²) in [5, 5.41) is 0. The van der Waals surface area contributed by atoms with Gasteiger partial charge in [-0.25, -0.2) is 0 Å². The summed E-state index contributed by atoms with van der Waals surface area (Å²) in [6.45, 7) is 19.4. The standard InChI is InChI=1S/C22H42N2/c1-13(2)21-12-19-18(22(19)24(21)15(5)6)11-16(7)20-10-9-17(8)23(20)14(3)4/h13-22H,9-12H2,1-8H3/t16?,17-,18?,19-,20-,21-,22+/m0/s1. The highest BCUT2D eigenvalue weighted by Crippen LogP contribution is 2.58. The van der Waals surface area contributed by atoms with Crippen LogP contribution >= 0.6 is 0 Å². The van der Waals surface area contributed by atoms with Crippen molar-refractivity contribution < 1.29 is 0 Å². The molecule has 0 aromatic rings. The summed E-state index contributed by atoms with van der Waals surface area (Å²) < 4.78 is 0. The van der Waals surface area contributed by atoms with Gasteiger partial charge in [0.15, 0.2) is 0 Å². The lowest BCUT2D eigenvalue weighted by Crippen LogP contribution is -2.44. The molecule has 140 valence electrons. The molecule has 1 aliphatic carbocycles. The van der Waals surface area contributed by atoms with Crippen LogP contribution in [0.1, 0.15) is 81.1 Å². The Kier molecular flexibility index (Phi) is 5.39. The van der Waals surface area contributed by atoms with Crippen LogP contribution in [0.3, 0.4) is 0 Å². The van der Waals surface area contributed by atoms with E-state index in [0.29, 0.717) is 12.1 Å². The largest absolute Gasteiger partial charge is 0.295 e. The Bertz CT molecular complexity index is 430. The predicted octanol–water partition coefficient (Wildman–Crippen LogP) is 5.03. The summed E-state index contributed by atoms with van der Waals surface area (Å²) in [5.74, 6) is 3.67. The van der Waals surface area contributed by atoms with Crippen LogP contribution in [0.15, 0.2) is 0 Å². The molecule has 3 fully saturated rings. The van der Waals surface area contributed by atoms with Gasteiger partial charge >= 0.3 is 0 Å². The second-order valence-corrected chi connectivity index (χ2v) is 10.2. The average molecular weight is 335 g/mol. The molecule has 3 aliphatic rings. The van der Waals surface area contributed by atoms with E-state index in [0.717, 1.165) is 47.8 Å². The minimum absolute atomic E-state index is 0.700. The molecule has 2 saturated heterocycles. The Morgan fingerprint density at radius 2 is 1.46 bits per heavy atom. The molecule has 0 aromatic carbocycles. The second kappa shape index (κ2) is 6.91. The Morgan fingerprint density at radius 1 is 0.833 bits per heavy atom. The number of hydrogen-bond acceptors (Lipinski definition) is 2. The van der Waals surface area contributed by atoms with Crippen molar-refractivity contribution in [2.75, 3.05) is 0 Å². The molecule has 24 heavy (non-hydrogen) atoms. The summed E-state index contributed by atoms with van der Waals surface area (Å²) in [4.78, 5) is 5.71. The Hall–Kier alpha value is -0.0800. The minimum Gasteiger partial charge on any atom is -0.295 e. The van der Waals surface area contributed by atoms with Crippen molar-refractivity contribution in [2.45, 2.75) is 117 Å². The summed E-state index contributed by atoms with van der Waals surface area (Å²) >= 11 is 0. The normalized spacial score (nSPS) is 41.6. The maximum atomic E-state index is 2.89. The van der Waals surface area contributed by atoms with Crippen LogP contribution in [0.25, 0.3) is 0 Å². The summed E-state index contributed by atoms with van der Waals surface area (Å²) in [5.41, 5.74) is 0. The summed E-state index contributed by atoms with van der Waals surface area (Å²) in [6, 6.07) is 4.78. The van der Waals surface area contributed by atoms with E-state index in [1.165, 1.54) is 25.7 Å². The first kappa shape index (κ1) is 18.7. The van der Waals surface area contributed by atoms with Crippen LogP contribution in [0.2, 0.25) is 0 Å². The summed E-state index contributed by atoms with van der Waals surface area (Å²) in [7, 11) is 0. The van der Waals surface area contributed by atoms with E-state index in [4.69, 9.17) is 0 Å².